The van der Waals surface area contributed by atoms with Crippen molar-refractivity contribution < 1.29 is 27.9 Å². The predicted octanol–water partition coefficient (Wildman–Crippen LogP) is 6.54. The third-order valence-corrected chi connectivity index (χ3v) is 7.14. The number of pyridine rings is 1. The number of aromatic carboxylic acids is 1. The van der Waals surface area contributed by atoms with Crippen molar-refractivity contribution >= 4 is 40.2 Å². The lowest BCUT2D eigenvalue weighted by Gasteiger charge is -2.48. The highest BCUT2D eigenvalue weighted by Crippen LogP contribution is 2.46. The molecule has 1 fully saturated rings. The third-order valence-electron chi connectivity index (χ3n) is 6.92. The van der Waals surface area contributed by atoms with Crippen molar-refractivity contribution in [3.05, 3.63) is 76.8 Å². The second-order valence-electron chi connectivity index (χ2n) is 9.26. The van der Waals surface area contributed by atoms with Crippen LogP contribution in [0.4, 0.5) is 18.9 Å². The van der Waals surface area contributed by atoms with E-state index in [1.165, 1.54) is 30.2 Å². The average molecular weight is 543 g/mol. The van der Waals surface area contributed by atoms with E-state index in [4.69, 9.17) is 11.6 Å². The summed E-state index contributed by atoms with van der Waals surface area (Å²) in [4.78, 5) is 34.7. The summed E-state index contributed by atoms with van der Waals surface area (Å²) in [6, 6.07) is 8.51. The molecular weight excluding hydrogens is 521 g/mol. The first kappa shape index (κ1) is 25.7. The number of carbonyl (C=O) groups excluding carboxylic acids is 1. The molecule has 11 heteroatoms. The molecule has 0 aliphatic heterocycles. The number of carboxylic acids is 1. The topological polar surface area (TPSA) is 88.3 Å². The van der Waals surface area contributed by atoms with Gasteiger partial charge in [0.25, 0.3) is 0 Å². The molecule has 1 aliphatic carbocycles. The molecule has 2 heterocycles. The molecule has 0 atom stereocenters. The Labute approximate surface area is 220 Å². The number of hydrogen-bond acceptors (Lipinski definition) is 4. The number of imidazole rings is 1. The Morgan fingerprint density at radius 2 is 1.71 bits per heavy atom. The number of benzene rings is 2. The number of halogens is 4. The van der Waals surface area contributed by atoms with Crippen LogP contribution in [-0.2, 0) is 10.5 Å². The van der Waals surface area contributed by atoms with Gasteiger partial charge in [0.2, 0.25) is 5.91 Å². The van der Waals surface area contributed by atoms with E-state index in [-0.39, 0.29) is 33.3 Å². The minimum Gasteiger partial charge on any atom is -0.478 e. The largest absolute Gasteiger partial charge is 0.478 e. The molecule has 196 valence electrons. The molecule has 1 aliphatic rings. The van der Waals surface area contributed by atoms with Crippen LogP contribution in [0.1, 0.15) is 49.4 Å². The number of carbonyl (C=O) groups is 2. The van der Waals surface area contributed by atoms with Gasteiger partial charge in [0.05, 0.1) is 22.3 Å². The van der Waals surface area contributed by atoms with Gasteiger partial charge in [0, 0.05) is 30.8 Å². The SMILES string of the molecule is CC(=O)N(c1ccc(C(=O)O)cc1F)C1(n2c(-c3ccc(Cl)nc3)nc3cc(F)c(F)cc32)CCCCC1. The molecule has 2 aromatic heterocycles. The average Bonchev–Trinajstić information content (AvgIpc) is 3.24. The summed E-state index contributed by atoms with van der Waals surface area (Å²) in [7, 11) is 0. The maximum Gasteiger partial charge on any atom is 0.335 e. The molecule has 4 aromatic rings. The molecule has 5 rings (SSSR count). The molecule has 38 heavy (non-hydrogen) atoms. The van der Waals surface area contributed by atoms with Crippen molar-refractivity contribution in [3.8, 4) is 11.4 Å². The summed E-state index contributed by atoms with van der Waals surface area (Å²) < 4.78 is 46.0. The highest BCUT2D eigenvalue weighted by atomic mass is 35.5. The zero-order valence-corrected chi connectivity index (χ0v) is 21.0. The van der Waals surface area contributed by atoms with Crippen LogP contribution in [0, 0.1) is 17.5 Å². The second kappa shape index (κ2) is 9.75. The summed E-state index contributed by atoms with van der Waals surface area (Å²) in [5.74, 6) is -4.64. The zero-order chi connectivity index (χ0) is 27.2. The molecule has 2 aromatic carbocycles. The lowest BCUT2D eigenvalue weighted by molar-refractivity contribution is -0.119. The number of amides is 1. The van der Waals surface area contributed by atoms with Crippen LogP contribution < -0.4 is 4.90 Å². The van der Waals surface area contributed by atoms with Crippen LogP contribution in [-0.4, -0.2) is 31.5 Å². The lowest BCUT2D eigenvalue weighted by atomic mass is 9.85. The van der Waals surface area contributed by atoms with Crippen LogP contribution >= 0.6 is 11.6 Å². The Kier molecular flexibility index (Phi) is 6.60. The van der Waals surface area contributed by atoms with Crippen molar-refractivity contribution in [1.29, 1.82) is 0 Å². The molecule has 1 N–H and O–H groups in total. The number of anilines is 1. The molecule has 1 saturated carbocycles. The van der Waals surface area contributed by atoms with Gasteiger partial charge in [0.15, 0.2) is 11.6 Å². The van der Waals surface area contributed by atoms with Crippen LogP contribution in [0.3, 0.4) is 0 Å². The minimum absolute atomic E-state index is 0.131. The van der Waals surface area contributed by atoms with E-state index in [0.717, 1.165) is 24.6 Å². The summed E-state index contributed by atoms with van der Waals surface area (Å²) in [5.41, 5.74) is -0.848. The van der Waals surface area contributed by atoms with E-state index in [1.807, 2.05) is 0 Å². The Hall–Kier alpha value is -3.92. The van der Waals surface area contributed by atoms with Crippen LogP contribution in [0.5, 0.6) is 0 Å². The monoisotopic (exact) mass is 542 g/mol. The molecule has 0 radical (unpaired) electrons. The van der Waals surface area contributed by atoms with Gasteiger partial charge >= 0.3 is 5.97 Å². The van der Waals surface area contributed by atoms with E-state index in [9.17, 15) is 23.5 Å². The standard InChI is InChI=1S/C27H22ClF3N4O3/c1-15(36)34(22-7-5-16(26(37)38)11-20(22)31)27(9-3-2-4-10-27)35-23-13-19(30)18(29)12-21(23)33-25(35)17-6-8-24(28)32-14-17/h5-8,11-14H,2-4,9-10H2,1H3,(H,37,38). The van der Waals surface area contributed by atoms with E-state index in [0.29, 0.717) is 31.2 Å². The predicted molar refractivity (Wildman–Crippen MR) is 135 cm³/mol. The van der Waals surface area contributed by atoms with E-state index in [1.54, 1.807) is 16.7 Å². The maximum absolute atomic E-state index is 15.5. The number of fused-ring (bicyclic) bond motifs is 1. The van der Waals surface area contributed by atoms with Gasteiger partial charge in [0.1, 0.15) is 22.5 Å². The number of nitrogens with zero attached hydrogens (tertiary/aromatic N) is 4. The smallest absolute Gasteiger partial charge is 0.335 e. The van der Waals surface area contributed by atoms with Crippen LogP contribution in [0.15, 0.2) is 48.7 Å². The summed E-state index contributed by atoms with van der Waals surface area (Å²) in [6.45, 7) is 1.28. The van der Waals surface area contributed by atoms with Crippen LogP contribution in [0.2, 0.25) is 5.15 Å². The molecular formula is C27H22ClF3N4O3. The minimum atomic E-state index is -1.31. The fourth-order valence-electron chi connectivity index (χ4n) is 5.37. The van der Waals surface area contributed by atoms with Crippen molar-refractivity contribution in [2.75, 3.05) is 4.90 Å². The second-order valence-corrected chi connectivity index (χ2v) is 9.65. The fraction of sp³-hybridized carbons (Fsp3) is 0.259. The van der Waals surface area contributed by atoms with Gasteiger partial charge in [-0.3, -0.25) is 14.3 Å². The van der Waals surface area contributed by atoms with Gasteiger partial charge in [-0.15, -0.1) is 0 Å². The fourth-order valence-corrected chi connectivity index (χ4v) is 5.48. The highest BCUT2D eigenvalue weighted by molar-refractivity contribution is 6.29. The number of hydrogen-bond donors (Lipinski definition) is 1. The Bertz CT molecular complexity index is 1570. The number of aromatic nitrogens is 3. The first-order valence-electron chi connectivity index (χ1n) is 12.0. The van der Waals surface area contributed by atoms with Crippen molar-refractivity contribution in [2.24, 2.45) is 0 Å². The molecule has 0 bridgehead atoms. The van der Waals surface area contributed by atoms with Gasteiger partial charge < -0.3 is 5.11 Å². The highest BCUT2D eigenvalue weighted by Gasteiger charge is 2.45. The first-order valence-corrected chi connectivity index (χ1v) is 12.3. The molecule has 7 nitrogen and oxygen atoms in total. The summed E-state index contributed by atoms with van der Waals surface area (Å²) in [6.07, 6.45) is 4.32. The summed E-state index contributed by atoms with van der Waals surface area (Å²) >= 11 is 5.99. The molecule has 0 spiro atoms. The van der Waals surface area contributed by atoms with Crippen molar-refractivity contribution in [2.45, 2.75) is 44.7 Å². The number of carboxylic acid groups (broad SMARTS) is 1. The summed E-state index contributed by atoms with van der Waals surface area (Å²) in [5, 5.41) is 9.53. The van der Waals surface area contributed by atoms with E-state index in [2.05, 4.69) is 9.97 Å². The van der Waals surface area contributed by atoms with Gasteiger partial charge in [-0.2, -0.15) is 0 Å². The van der Waals surface area contributed by atoms with Crippen LogP contribution in [0.25, 0.3) is 22.4 Å². The van der Waals surface area contributed by atoms with Crippen molar-refractivity contribution in [1.82, 2.24) is 14.5 Å². The Morgan fingerprint density at radius 3 is 2.32 bits per heavy atom. The van der Waals surface area contributed by atoms with E-state index >= 15 is 4.39 Å². The molecule has 0 saturated heterocycles. The molecule has 1 amide bonds. The molecule has 0 unspecified atom stereocenters. The zero-order valence-electron chi connectivity index (χ0n) is 20.2. The third kappa shape index (κ3) is 4.28. The van der Waals surface area contributed by atoms with Gasteiger partial charge in [-0.05, 0) is 56.0 Å². The lowest BCUT2D eigenvalue weighted by Crippen LogP contribution is -2.55. The quantitative estimate of drug-likeness (QED) is 0.289. The first-order chi connectivity index (χ1) is 18.1. The maximum atomic E-state index is 15.5. The van der Waals surface area contributed by atoms with Gasteiger partial charge in [-0.1, -0.05) is 18.0 Å². The van der Waals surface area contributed by atoms with E-state index < -0.39 is 35.0 Å². The van der Waals surface area contributed by atoms with Crippen molar-refractivity contribution in [3.63, 3.8) is 0 Å². The number of rotatable bonds is 5. The van der Waals surface area contributed by atoms with Gasteiger partial charge in [-0.25, -0.2) is 27.9 Å². The Morgan fingerprint density at radius 1 is 1.00 bits per heavy atom. The normalized spacial score (nSPS) is 15.0. The Balaban J connectivity index is 1.85.